The van der Waals surface area contributed by atoms with Crippen molar-refractivity contribution < 1.29 is 9.66 Å². The Morgan fingerprint density at radius 1 is 1.48 bits per heavy atom. The van der Waals surface area contributed by atoms with E-state index in [1.165, 1.54) is 6.07 Å². The predicted octanol–water partition coefficient (Wildman–Crippen LogP) is 1.98. The van der Waals surface area contributed by atoms with Crippen LogP contribution in [0.2, 0.25) is 0 Å². The fourth-order valence-electron chi connectivity index (χ4n) is 1.88. The average molecular weight is 290 g/mol. The van der Waals surface area contributed by atoms with Crippen LogP contribution in [0.3, 0.4) is 0 Å². The first-order valence-electron chi connectivity index (χ1n) is 6.77. The van der Waals surface area contributed by atoms with Crippen LogP contribution in [0, 0.1) is 10.1 Å². The van der Waals surface area contributed by atoms with Gasteiger partial charge in [0.1, 0.15) is 6.61 Å². The molecule has 0 radical (unpaired) electrons. The van der Waals surface area contributed by atoms with Gasteiger partial charge in [-0.2, -0.15) is 0 Å². The van der Waals surface area contributed by atoms with Crippen molar-refractivity contribution in [3.8, 4) is 5.75 Å². The molecule has 0 aliphatic heterocycles. The van der Waals surface area contributed by atoms with E-state index in [1.54, 1.807) is 24.7 Å². The lowest BCUT2D eigenvalue weighted by Crippen LogP contribution is -2.12. The molecule has 112 valence electrons. The zero-order chi connectivity index (χ0) is 15.1. The van der Waals surface area contributed by atoms with E-state index in [0.29, 0.717) is 25.4 Å². The Bertz CT molecular complexity index is 584. The number of hydrogen-bond acceptors (Lipinski definition) is 5. The Kier molecular flexibility index (Phi) is 5.28. The highest BCUT2D eigenvalue weighted by Crippen LogP contribution is 2.28. The number of aromatic nitrogens is 2. The smallest absolute Gasteiger partial charge is 0.310 e. The number of imidazole rings is 1. The van der Waals surface area contributed by atoms with Crippen LogP contribution in [-0.4, -0.2) is 27.6 Å². The fourth-order valence-corrected chi connectivity index (χ4v) is 1.88. The maximum absolute atomic E-state index is 11.0. The summed E-state index contributed by atoms with van der Waals surface area (Å²) in [7, 11) is 0. The molecule has 0 spiro atoms. The highest BCUT2D eigenvalue weighted by atomic mass is 16.6. The van der Waals surface area contributed by atoms with Gasteiger partial charge in [0.2, 0.25) is 0 Å². The second kappa shape index (κ2) is 7.39. The lowest BCUT2D eigenvalue weighted by Gasteiger charge is -2.09. The first-order valence-corrected chi connectivity index (χ1v) is 6.77. The fraction of sp³-hybridized carbons (Fsp3) is 0.357. The van der Waals surface area contributed by atoms with E-state index >= 15 is 0 Å². The molecule has 2 aromatic rings. The van der Waals surface area contributed by atoms with Gasteiger partial charge in [0, 0.05) is 25.0 Å². The minimum absolute atomic E-state index is 0.0131. The van der Waals surface area contributed by atoms with Gasteiger partial charge in [0.15, 0.2) is 5.75 Å². The third kappa shape index (κ3) is 4.28. The monoisotopic (exact) mass is 290 g/mol. The molecule has 21 heavy (non-hydrogen) atoms. The van der Waals surface area contributed by atoms with E-state index in [9.17, 15) is 10.1 Å². The van der Waals surface area contributed by atoms with E-state index in [0.717, 1.165) is 12.1 Å². The summed E-state index contributed by atoms with van der Waals surface area (Å²) < 4.78 is 7.43. The molecule has 0 saturated carbocycles. The third-order valence-electron chi connectivity index (χ3n) is 2.97. The minimum Gasteiger partial charge on any atom is -0.485 e. The van der Waals surface area contributed by atoms with Crippen molar-refractivity contribution in [1.82, 2.24) is 14.9 Å². The van der Waals surface area contributed by atoms with Crippen LogP contribution in [-0.2, 0) is 13.1 Å². The highest BCUT2D eigenvalue weighted by molar-refractivity contribution is 5.48. The molecule has 0 fully saturated rings. The summed E-state index contributed by atoms with van der Waals surface area (Å²) >= 11 is 0. The van der Waals surface area contributed by atoms with Gasteiger partial charge in [0.05, 0.1) is 17.8 Å². The second-order valence-electron chi connectivity index (χ2n) is 4.49. The average Bonchev–Trinajstić information content (AvgIpc) is 2.98. The van der Waals surface area contributed by atoms with Crippen molar-refractivity contribution in [3.63, 3.8) is 0 Å². The molecule has 0 saturated heterocycles. The molecule has 7 nitrogen and oxygen atoms in total. The molecule has 0 aliphatic carbocycles. The van der Waals surface area contributed by atoms with Crippen molar-refractivity contribution in [2.75, 3.05) is 13.2 Å². The number of hydrogen-bond donors (Lipinski definition) is 1. The topological polar surface area (TPSA) is 82.2 Å². The number of ether oxygens (including phenoxy) is 1. The summed E-state index contributed by atoms with van der Waals surface area (Å²) in [6, 6.07) is 4.94. The van der Waals surface area contributed by atoms with Gasteiger partial charge in [-0.25, -0.2) is 4.98 Å². The maximum atomic E-state index is 11.0. The Hall–Kier alpha value is -2.41. The molecule has 1 heterocycles. The molecule has 0 amide bonds. The van der Waals surface area contributed by atoms with Gasteiger partial charge >= 0.3 is 5.69 Å². The van der Waals surface area contributed by atoms with Crippen LogP contribution in [0.5, 0.6) is 5.75 Å². The van der Waals surface area contributed by atoms with Crippen molar-refractivity contribution in [3.05, 3.63) is 52.6 Å². The van der Waals surface area contributed by atoms with Gasteiger partial charge in [-0.05, 0) is 18.2 Å². The van der Waals surface area contributed by atoms with Crippen molar-refractivity contribution >= 4 is 5.69 Å². The number of nitro benzene ring substituents is 1. The van der Waals surface area contributed by atoms with E-state index in [-0.39, 0.29) is 5.69 Å². The molecule has 0 bridgehead atoms. The summed E-state index contributed by atoms with van der Waals surface area (Å²) in [4.78, 5) is 14.5. The van der Waals surface area contributed by atoms with Crippen LogP contribution in [0.15, 0.2) is 36.9 Å². The largest absolute Gasteiger partial charge is 0.485 e. The van der Waals surface area contributed by atoms with E-state index in [2.05, 4.69) is 10.3 Å². The zero-order valence-corrected chi connectivity index (χ0v) is 11.9. The number of nitro groups is 1. The standard InChI is InChI=1S/C14H18N4O3/c1-2-15-10-12-3-4-13(18(19)20)14(9-12)21-8-7-17-6-5-16-11-17/h3-6,9,11,15H,2,7-8,10H2,1H3. The molecule has 1 aromatic carbocycles. The number of benzene rings is 1. The quantitative estimate of drug-likeness (QED) is 0.594. The molecule has 0 unspecified atom stereocenters. The lowest BCUT2D eigenvalue weighted by atomic mass is 10.2. The first kappa shape index (κ1) is 15.0. The van der Waals surface area contributed by atoms with Crippen molar-refractivity contribution in [1.29, 1.82) is 0 Å². The van der Waals surface area contributed by atoms with E-state index < -0.39 is 4.92 Å². The Labute approximate surface area is 122 Å². The number of rotatable bonds is 8. The molecule has 0 atom stereocenters. The Morgan fingerprint density at radius 2 is 2.33 bits per heavy atom. The second-order valence-corrected chi connectivity index (χ2v) is 4.49. The van der Waals surface area contributed by atoms with Gasteiger partial charge in [-0.3, -0.25) is 10.1 Å². The van der Waals surface area contributed by atoms with Gasteiger partial charge < -0.3 is 14.6 Å². The normalized spacial score (nSPS) is 10.5. The lowest BCUT2D eigenvalue weighted by molar-refractivity contribution is -0.385. The van der Waals surface area contributed by atoms with Crippen LogP contribution in [0.25, 0.3) is 0 Å². The Morgan fingerprint density at radius 3 is 3.00 bits per heavy atom. The summed E-state index contributed by atoms with van der Waals surface area (Å²) in [5, 5.41) is 14.2. The molecule has 7 heteroatoms. The molecule has 2 rings (SSSR count). The van der Waals surface area contributed by atoms with Crippen molar-refractivity contribution in [2.45, 2.75) is 20.0 Å². The Balaban J connectivity index is 2.04. The third-order valence-corrected chi connectivity index (χ3v) is 2.97. The van der Waals surface area contributed by atoms with Gasteiger partial charge in [-0.15, -0.1) is 0 Å². The van der Waals surface area contributed by atoms with E-state index in [4.69, 9.17) is 4.74 Å². The SMILES string of the molecule is CCNCc1ccc([N+](=O)[O-])c(OCCn2ccnc2)c1. The summed E-state index contributed by atoms with van der Waals surface area (Å²) in [5.74, 6) is 0.301. The summed E-state index contributed by atoms with van der Waals surface area (Å²) in [6.45, 7) is 4.45. The van der Waals surface area contributed by atoms with Crippen LogP contribution in [0.1, 0.15) is 12.5 Å². The highest BCUT2D eigenvalue weighted by Gasteiger charge is 2.15. The van der Waals surface area contributed by atoms with Crippen molar-refractivity contribution in [2.24, 2.45) is 0 Å². The molecule has 1 N–H and O–H groups in total. The molecular weight excluding hydrogens is 272 g/mol. The maximum Gasteiger partial charge on any atom is 0.310 e. The van der Waals surface area contributed by atoms with Crippen LogP contribution >= 0.6 is 0 Å². The summed E-state index contributed by atoms with van der Waals surface area (Å²) in [5.41, 5.74) is 0.945. The molecular formula is C14H18N4O3. The molecule has 1 aromatic heterocycles. The molecule has 0 aliphatic rings. The van der Waals surface area contributed by atoms with E-state index in [1.807, 2.05) is 17.7 Å². The van der Waals surface area contributed by atoms with Crippen LogP contribution < -0.4 is 10.1 Å². The first-order chi connectivity index (χ1) is 10.2. The summed E-state index contributed by atoms with van der Waals surface area (Å²) in [6.07, 6.45) is 5.18. The number of nitrogens with one attached hydrogen (secondary N) is 1. The number of nitrogens with zero attached hydrogens (tertiary/aromatic N) is 3. The van der Waals surface area contributed by atoms with Crippen LogP contribution in [0.4, 0.5) is 5.69 Å². The van der Waals surface area contributed by atoms with Gasteiger partial charge in [0.25, 0.3) is 0 Å². The minimum atomic E-state index is -0.427. The van der Waals surface area contributed by atoms with Gasteiger partial charge in [-0.1, -0.05) is 13.0 Å². The zero-order valence-electron chi connectivity index (χ0n) is 11.9. The predicted molar refractivity (Wildman–Crippen MR) is 78.2 cm³/mol.